The molecule has 0 aromatic rings. The Morgan fingerprint density at radius 3 is 1.29 bits per heavy atom. The van der Waals surface area contributed by atoms with Crippen LogP contribution in [-0.4, -0.2) is 33.2 Å². The highest BCUT2D eigenvalue weighted by molar-refractivity contribution is 4.42. The summed E-state index contributed by atoms with van der Waals surface area (Å²) in [6.45, 7) is 1.30. The first-order valence-electron chi connectivity index (χ1n) is 1.69. The van der Waals surface area contributed by atoms with Gasteiger partial charge in [0.1, 0.15) is 6.10 Å². The van der Waals surface area contributed by atoms with Crippen molar-refractivity contribution >= 4 is 0 Å². The molecule has 1 atom stereocenters. The molecule has 0 fully saturated rings. The average Bonchev–Trinajstić information content (AvgIpc) is 1.36. The van der Waals surface area contributed by atoms with E-state index in [0.29, 0.717) is 0 Å². The van der Waals surface area contributed by atoms with Gasteiger partial charge in [0.05, 0.1) is 0 Å². The van der Waals surface area contributed by atoms with Gasteiger partial charge in [0.15, 0.2) is 6.29 Å². The first-order chi connectivity index (χ1) is 2.64. The van der Waals surface area contributed by atoms with Crippen LogP contribution in [0.2, 0.25) is 0 Å². The Kier molecular flexibility index (Phi) is 5.71. The van der Waals surface area contributed by atoms with E-state index in [9.17, 15) is 0 Å². The van der Waals surface area contributed by atoms with E-state index in [2.05, 4.69) is 0 Å². The lowest BCUT2D eigenvalue weighted by atomic mass is 10.4. The Bertz CT molecular complexity index is 27.9. The van der Waals surface area contributed by atoms with Crippen LogP contribution >= 0.6 is 0 Å². The maximum absolute atomic E-state index is 8.13. The summed E-state index contributed by atoms with van der Waals surface area (Å²) in [7, 11) is 0. The predicted octanol–water partition coefficient (Wildman–Crippen LogP) is -2.15. The molecule has 0 aliphatic heterocycles. The van der Waals surface area contributed by atoms with E-state index in [1.807, 2.05) is 0 Å². The summed E-state index contributed by atoms with van der Waals surface area (Å²) in [6, 6.07) is 0. The fourth-order valence-electron chi connectivity index (χ4n) is 0. The molecular formula is C3H10O4. The number of aliphatic hydroxyl groups excluding tert-OH is 2. The first-order valence-corrected chi connectivity index (χ1v) is 1.69. The lowest BCUT2D eigenvalue weighted by Crippen LogP contribution is -2.20. The molecule has 0 amide bonds. The SMILES string of the molecule is CC(O)C(O)O.O. The molecule has 0 rings (SSSR count). The fraction of sp³-hybridized carbons (Fsp3) is 1.00. The van der Waals surface area contributed by atoms with Crippen LogP contribution in [0.1, 0.15) is 6.92 Å². The van der Waals surface area contributed by atoms with Crippen LogP contribution in [0.15, 0.2) is 0 Å². The molecule has 5 N–H and O–H groups in total. The van der Waals surface area contributed by atoms with Gasteiger partial charge in [0, 0.05) is 0 Å². The molecule has 0 heterocycles. The molecule has 46 valence electrons. The van der Waals surface area contributed by atoms with E-state index >= 15 is 0 Å². The summed E-state index contributed by atoms with van der Waals surface area (Å²) in [5.41, 5.74) is 0. The van der Waals surface area contributed by atoms with Crippen molar-refractivity contribution in [1.29, 1.82) is 0 Å². The predicted molar refractivity (Wildman–Crippen MR) is 23.5 cm³/mol. The summed E-state index contributed by atoms with van der Waals surface area (Å²) in [4.78, 5) is 0. The Morgan fingerprint density at radius 2 is 1.29 bits per heavy atom. The second kappa shape index (κ2) is 4.01. The van der Waals surface area contributed by atoms with Crippen LogP contribution < -0.4 is 0 Å². The third-order valence-corrected chi connectivity index (χ3v) is 0.431. The van der Waals surface area contributed by atoms with Gasteiger partial charge in [-0.05, 0) is 6.92 Å². The molecule has 0 aromatic heterocycles. The zero-order chi connectivity index (χ0) is 5.15. The van der Waals surface area contributed by atoms with Gasteiger partial charge < -0.3 is 20.8 Å². The monoisotopic (exact) mass is 110 g/mol. The highest BCUT2D eigenvalue weighted by Gasteiger charge is 2.01. The highest BCUT2D eigenvalue weighted by Crippen LogP contribution is 1.81. The molecule has 0 saturated heterocycles. The Balaban J connectivity index is 0. The van der Waals surface area contributed by atoms with E-state index < -0.39 is 12.4 Å². The molecule has 0 aliphatic carbocycles. The topological polar surface area (TPSA) is 92.2 Å². The molecular weight excluding hydrogens is 100 g/mol. The van der Waals surface area contributed by atoms with Crippen molar-refractivity contribution in [2.45, 2.75) is 19.3 Å². The lowest BCUT2D eigenvalue weighted by molar-refractivity contribution is -0.114. The van der Waals surface area contributed by atoms with E-state index in [1.54, 1.807) is 0 Å². The maximum atomic E-state index is 8.13. The molecule has 7 heavy (non-hydrogen) atoms. The summed E-state index contributed by atoms with van der Waals surface area (Å²) in [5.74, 6) is 0. The van der Waals surface area contributed by atoms with E-state index in [-0.39, 0.29) is 5.48 Å². The number of aliphatic hydroxyl groups is 3. The van der Waals surface area contributed by atoms with Crippen LogP contribution in [0, 0.1) is 0 Å². The van der Waals surface area contributed by atoms with Gasteiger partial charge in [-0.3, -0.25) is 0 Å². The van der Waals surface area contributed by atoms with Crippen molar-refractivity contribution < 1.29 is 20.8 Å². The summed E-state index contributed by atoms with van der Waals surface area (Å²) >= 11 is 0. The third-order valence-electron chi connectivity index (χ3n) is 0.431. The minimum atomic E-state index is -1.59. The molecule has 0 aliphatic rings. The van der Waals surface area contributed by atoms with Crippen molar-refractivity contribution in [3.63, 3.8) is 0 Å². The van der Waals surface area contributed by atoms with Crippen molar-refractivity contribution in [3.8, 4) is 0 Å². The van der Waals surface area contributed by atoms with Crippen LogP contribution in [0.25, 0.3) is 0 Å². The summed E-state index contributed by atoms with van der Waals surface area (Å²) < 4.78 is 0. The summed E-state index contributed by atoms with van der Waals surface area (Å²) in [5, 5.41) is 24.0. The zero-order valence-corrected chi connectivity index (χ0v) is 4.00. The third kappa shape index (κ3) is 5.84. The highest BCUT2D eigenvalue weighted by atomic mass is 16.5. The molecule has 0 saturated carbocycles. The molecule has 0 radical (unpaired) electrons. The van der Waals surface area contributed by atoms with Gasteiger partial charge in [0.2, 0.25) is 0 Å². The molecule has 4 heteroatoms. The minimum Gasteiger partial charge on any atom is -0.412 e. The van der Waals surface area contributed by atoms with Crippen LogP contribution in [0.4, 0.5) is 0 Å². The number of hydrogen-bond donors (Lipinski definition) is 3. The van der Waals surface area contributed by atoms with E-state index in [0.717, 1.165) is 0 Å². The maximum Gasteiger partial charge on any atom is 0.177 e. The standard InChI is InChI=1S/C3H8O3.H2O/c1-2(4)3(5)6;/h2-6H,1H3;1H2. The van der Waals surface area contributed by atoms with Gasteiger partial charge in [-0.15, -0.1) is 0 Å². The second-order valence-electron chi connectivity index (χ2n) is 1.15. The molecule has 4 nitrogen and oxygen atoms in total. The largest absolute Gasteiger partial charge is 0.412 e. The van der Waals surface area contributed by atoms with E-state index in [1.165, 1.54) is 6.92 Å². The Labute approximate surface area is 41.3 Å². The van der Waals surface area contributed by atoms with Gasteiger partial charge in [-0.2, -0.15) is 0 Å². The Morgan fingerprint density at radius 1 is 1.14 bits per heavy atom. The molecule has 0 bridgehead atoms. The smallest absolute Gasteiger partial charge is 0.177 e. The molecule has 1 unspecified atom stereocenters. The van der Waals surface area contributed by atoms with Crippen molar-refractivity contribution in [1.82, 2.24) is 0 Å². The Hall–Kier alpha value is -0.160. The second-order valence-corrected chi connectivity index (χ2v) is 1.15. The lowest BCUT2D eigenvalue weighted by Gasteiger charge is -2.02. The zero-order valence-electron chi connectivity index (χ0n) is 4.00. The van der Waals surface area contributed by atoms with Crippen LogP contribution in [0.5, 0.6) is 0 Å². The number of hydrogen-bond acceptors (Lipinski definition) is 3. The van der Waals surface area contributed by atoms with Gasteiger partial charge in [0.25, 0.3) is 0 Å². The van der Waals surface area contributed by atoms with Crippen LogP contribution in [-0.2, 0) is 0 Å². The van der Waals surface area contributed by atoms with Gasteiger partial charge >= 0.3 is 0 Å². The molecule has 0 spiro atoms. The van der Waals surface area contributed by atoms with Crippen LogP contribution in [0.3, 0.4) is 0 Å². The van der Waals surface area contributed by atoms with E-state index in [4.69, 9.17) is 15.3 Å². The van der Waals surface area contributed by atoms with Crippen molar-refractivity contribution in [3.05, 3.63) is 0 Å². The quantitative estimate of drug-likeness (QED) is 0.336. The van der Waals surface area contributed by atoms with Gasteiger partial charge in [-0.25, -0.2) is 0 Å². The number of rotatable bonds is 1. The minimum absolute atomic E-state index is 0. The van der Waals surface area contributed by atoms with Gasteiger partial charge in [-0.1, -0.05) is 0 Å². The first kappa shape index (κ1) is 9.96. The fourth-order valence-corrected chi connectivity index (χ4v) is 0. The average molecular weight is 110 g/mol. The van der Waals surface area contributed by atoms with Crippen molar-refractivity contribution in [2.24, 2.45) is 0 Å². The van der Waals surface area contributed by atoms with Crippen molar-refractivity contribution in [2.75, 3.05) is 0 Å². The molecule has 0 aromatic carbocycles. The summed E-state index contributed by atoms with van der Waals surface area (Å²) in [6.07, 6.45) is -2.63. The normalized spacial score (nSPS) is 13.3.